The Hall–Kier alpha value is -2.27. The molecule has 1 aliphatic heterocycles. The second-order valence-electron chi connectivity index (χ2n) is 8.61. The molecule has 1 saturated carbocycles. The number of thioether (sulfide) groups is 1. The van der Waals surface area contributed by atoms with Gasteiger partial charge in [-0.1, -0.05) is 45.0 Å². The van der Waals surface area contributed by atoms with Crippen molar-refractivity contribution in [3.05, 3.63) is 59.7 Å². The van der Waals surface area contributed by atoms with Crippen molar-refractivity contribution in [2.24, 2.45) is 5.92 Å². The first-order valence-corrected chi connectivity index (χ1v) is 10.8. The third-order valence-corrected chi connectivity index (χ3v) is 6.50. The van der Waals surface area contributed by atoms with Crippen molar-refractivity contribution in [1.82, 2.24) is 0 Å². The van der Waals surface area contributed by atoms with Gasteiger partial charge in [0.1, 0.15) is 5.37 Å². The highest BCUT2D eigenvalue weighted by Gasteiger charge is 2.34. The van der Waals surface area contributed by atoms with Gasteiger partial charge in [-0.2, -0.15) is 0 Å². The molecule has 28 heavy (non-hydrogen) atoms. The number of hydrogen-bond acceptors (Lipinski definition) is 3. The monoisotopic (exact) mass is 394 g/mol. The number of benzene rings is 2. The number of carbonyl (C=O) groups is 2. The lowest BCUT2D eigenvalue weighted by molar-refractivity contribution is -0.117. The quantitative estimate of drug-likeness (QED) is 0.784. The summed E-state index contributed by atoms with van der Waals surface area (Å²) < 4.78 is 0. The normalized spacial score (nSPS) is 19.8. The van der Waals surface area contributed by atoms with E-state index in [2.05, 4.69) is 38.2 Å². The van der Waals surface area contributed by atoms with Gasteiger partial charge in [0, 0.05) is 17.3 Å². The summed E-state index contributed by atoms with van der Waals surface area (Å²) in [5.74, 6) is 0.906. The largest absolute Gasteiger partial charge is 0.326 e. The molecule has 0 aromatic heterocycles. The zero-order valence-corrected chi connectivity index (χ0v) is 17.4. The molecule has 4 nitrogen and oxygen atoms in total. The molecule has 5 heteroatoms. The Morgan fingerprint density at radius 1 is 1.04 bits per heavy atom. The van der Waals surface area contributed by atoms with Gasteiger partial charge in [-0.15, -0.1) is 11.8 Å². The molecule has 0 spiro atoms. The summed E-state index contributed by atoms with van der Waals surface area (Å²) in [6.07, 6.45) is 1.99. The van der Waals surface area contributed by atoms with Crippen LogP contribution in [-0.2, 0) is 15.0 Å². The molecule has 1 saturated heterocycles. The fourth-order valence-electron chi connectivity index (χ4n) is 3.39. The van der Waals surface area contributed by atoms with Crippen LogP contribution in [0.5, 0.6) is 0 Å². The molecule has 2 aromatic carbocycles. The average molecular weight is 395 g/mol. The molecule has 2 fully saturated rings. The van der Waals surface area contributed by atoms with Crippen molar-refractivity contribution in [3.63, 3.8) is 0 Å². The van der Waals surface area contributed by atoms with E-state index in [0.29, 0.717) is 5.75 Å². The summed E-state index contributed by atoms with van der Waals surface area (Å²) in [5, 5.41) is 2.93. The lowest BCUT2D eigenvalue weighted by Crippen LogP contribution is -2.28. The van der Waals surface area contributed by atoms with E-state index in [1.165, 1.54) is 5.56 Å². The Balaban J connectivity index is 1.53. The fourth-order valence-corrected chi connectivity index (χ4v) is 4.57. The maximum absolute atomic E-state index is 12.6. The highest BCUT2D eigenvalue weighted by molar-refractivity contribution is 8.00. The molecule has 146 valence electrons. The number of carbonyl (C=O) groups excluding carboxylic acids is 2. The van der Waals surface area contributed by atoms with Gasteiger partial charge in [0.25, 0.3) is 0 Å². The van der Waals surface area contributed by atoms with E-state index in [1.54, 1.807) is 11.8 Å². The van der Waals surface area contributed by atoms with Gasteiger partial charge in [-0.25, -0.2) is 0 Å². The number of hydrogen-bond donors (Lipinski definition) is 1. The molecule has 1 aliphatic carbocycles. The summed E-state index contributed by atoms with van der Waals surface area (Å²) >= 11 is 1.64. The van der Waals surface area contributed by atoms with Gasteiger partial charge in [0.05, 0.1) is 5.75 Å². The van der Waals surface area contributed by atoms with Gasteiger partial charge >= 0.3 is 0 Å². The summed E-state index contributed by atoms with van der Waals surface area (Å²) in [7, 11) is 0. The van der Waals surface area contributed by atoms with Gasteiger partial charge in [-0.3, -0.25) is 14.5 Å². The van der Waals surface area contributed by atoms with Crippen LogP contribution in [0.15, 0.2) is 48.5 Å². The molecule has 1 atom stereocenters. The predicted molar refractivity (Wildman–Crippen MR) is 116 cm³/mol. The number of anilines is 2. The van der Waals surface area contributed by atoms with Crippen LogP contribution in [0.2, 0.25) is 0 Å². The van der Waals surface area contributed by atoms with Crippen LogP contribution < -0.4 is 10.2 Å². The summed E-state index contributed by atoms with van der Waals surface area (Å²) in [4.78, 5) is 26.4. The van der Waals surface area contributed by atoms with Gasteiger partial charge in [-0.05, 0) is 53.6 Å². The van der Waals surface area contributed by atoms with Crippen molar-refractivity contribution in [1.29, 1.82) is 0 Å². The Kier molecular flexibility index (Phi) is 4.96. The van der Waals surface area contributed by atoms with Gasteiger partial charge < -0.3 is 5.32 Å². The minimum Gasteiger partial charge on any atom is -0.326 e. The third-order valence-electron chi connectivity index (χ3n) is 5.29. The average Bonchev–Trinajstić information content (AvgIpc) is 3.44. The van der Waals surface area contributed by atoms with Crippen molar-refractivity contribution in [2.45, 2.75) is 44.4 Å². The molecule has 2 aromatic rings. The number of nitrogens with zero attached hydrogens (tertiary/aromatic N) is 1. The van der Waals surface area contributed by atoms with E-state index in [9.17, 15) is 9.59 Å². The van der Waals surface area contributed by atoms with Crippen molar-refractivity contribution in [2.75, 3.05) is 16.0 Å². The molecule has 0 radical (unpaired) electrons. The zero-order valence-electron chi connectivity index (χ0n) is 16.6. The van der Waals surface area contributed by atoms with E-state index in [-0.39, 0.29) is 28.5 Å². The number of rotatable bonds is 4. The van der Waals surface area contributed by atoms with Crippen LogP contribution in [0.1, 0.15) is 50.1 Å². The van der Waals surface area contributed by atoms with Crippen molar-refractivity contribution >= 4 is 35.0 Å². The Labute approximate surface area is 170 Å². The fraction of sp³-hybridized carbons (Fsp3) is 0.391. The topological polar surface area (TPSA) is 49.4 Å². The van der Waals surface area contributed by atoms with Crippen LogP contribution in [0.3, 0.4) is 0 Å². The standard InChI is InChI=1S/C23H26N2O2S/c1-23(2,3)17-8-12-19(13-9-17)25-20(26)14-28-22(25)16-6-10-18(11-7-16)24-21(27)15-4-5-15/h6-13,15,22H,4-5,14H2,1-3H3,(H,24,27). The maximum atomic E-state index is 12.6. The SMILES string of the molecule is CC(C)(C)c1ccc(N2C(=O)CSC2c2ccc(NC(=O)C3CC3)cc2)cc1. The second kappa shape index (κ2) is 7.28. The molecule has 2 amide bonds. The Morgan fingerprint density at radius 2 is 1.68 bits per heavy atom. The van der Waals surface area contributed by atoms with Crippen LogP contribution in [0, 0.1) is 5.92 Å². The summed E-state index contributed by atoms with van der Waals surface area (Å²) in [6.45, 7) is 6.56. The van der Waals surface area contributed by atoms with E-state index < -0.39 is 0 Å². The van der Waals surface area contributed by atoms with Crippen LogP contribution in [-0.4, -0.2) is 17.6 Å². The van der Waals surface area contributed by atoms with Gasteiger partial charge in [0.15, 0.2) is 0 Å². The minimum atomic E-state index is -0.0406. The highest BCUT2D eigenvalue weighted by atomic mass is 32.2. The molecule has 0 bridgehead atoms. The second-order valence-corrected chi connectivity index (χ2v) is 9.68. The lowest BCUT2D eigenvalue weighted by atomic mass is 9.87. The highest BCUT2D eigenvalue weighted by Crippen LogP contribution is 2.42. The molecular formula is C23H26N2O2S. The molecule has 4 rings (SSSR count). The first-order valence-electron chi connectivity index (χ1n) is 9.78. The Morgan fingerprint density at radius 3 is 2.25 bits per heavy atom. The first-order chi connectivity index (χ1) is 13.3. The maximum Gasteiger partial charge on any atom is 0.238 e. The predicted octanol–water partition coefficient (Wildman–Crippen LogP) is 5.11. The van der Waals surface area contributed by atoms with Crippen molar-refractivity contribution < 1.29 is 9.59 Å². The van der Waals surface area contributed by atoms with Gasteiger partial charge in [0.2, 0.25) is 11.8 Å². The lowest BCUT2D eigenvalue weighted by Gasteiger charge is -2.26. The first kappa shape index (κ1) is 19.1. The van der Waals surface area contributed by atoms with Crippen molar-refractivity contribution in [3.8, 4) is 0 Å². The summed E-state index contributed by atoms with van der Waals surface area (Å²) in [6, 6.07) is 16.2. The number of nitrogens with one attached hydrogen (secondary N) is 1. The molecule has 1 heterocycles. The van der Waals surface area contributed by atoms with Crippen LogP contribution in [0.4, 0.5) is 11.4 Å². The number of amides is 2. The zero-order chi connectivity index (χ0) is 19.9. The van der Waals surface area contributed by atoms with E-state index in [4.69, 9.17) is 0 Å². The van der Waals surface area contributed by atoms with E-state index in [1.807, 2.05) is 41.3 Å². The molecule has 2 aliphatic rings. The smallest absolute Gasteiger partial charge is 0.238 e. The van der Waals surface area contributed by atoms with Crippen LogP contribution in [0.25, 0.3) is 0 Å². The minimum absolute atomic E-state index is 0.0406. The van der Waals surface area contributed by atoms with E-state index >= 15 is 0 Å². The third kappa shape index (κ3) is 3.95. The molecule has 1 unspecified atom stereocenters. The molecular weight excluding hydrogens is 368 g/mol. The summed E-state index contributed by atoms with van der Waals surface area (Å²) in [5.41, 5.74) is 4.15. The van der Waals surface area contributed by atoms with E-state index in [0.717, 1.165) is 29.8 Å². The van der Waals surface area contributed by atoms with Crippen LogP contribution >= 0.6 is 11.8 Å². The Bertz CT molecular complexity index is 880. The molecule has 1 N–H and O–H groups in total.